The lowest BCUT2D eigenvalue weighted by Crippen LogP contribution is -2.26. The molecule has 0 aliphatic carbocycles. The number of hydrogen-bond acceptors (Lipinski definition) is 2. The topological polar surface area (TPSA) is 31.8 Å². The maximum absolute atomic E-state index is 3.37. The molecular weight excluding hydrogens is 224 g/mol. The van der Waals surface area contributed by atoms with Gasteiger partial charge in [0, 0.05) is 48.7 Å². The lowest BCUT2D eigenvalue weighted by atomic mass is 10.4. The van der Waals surface area contributed by atoms with Crippen LogP contribution >= 0.6 is 0 Å². The van der Waals surface area contributed by atoms with Crippen LogP contribution in [0.5, 0.6) is 0 Å². The summed E-state index contributed by atoms with van der Waals surface area (Å²) in [5.74, 6) is 0. The first-order valence-electron chi connectivity index (χ1n) is 6.12. The first-order valence-corrected chi connectivity index (χ1v) is 6.12. The van der Waals surface area contributed by atoms with E-state index in [9.17, 15) is 0 Å². The SMILES string of the molecule is C[n+]1ccc(NCCNc2cc[n+](C)cc2)cc1. The van der Waals surface area contributed by atoms with Gasteiger partial charge in [0.15, 0.2) is 24.8 Å². The Bertz CT molecular complexity index is 429. The van der Waals surface area contributed by atoms with Gasteiger partial charge in [-0.1, -0.05) is 0 Å². The van der Waals surface area contributed by atoms with Crippen molar-refractivity contribution >= 4 is 11.4 Å². The molecule has 0 amide bonds. The van der Waals surface area contributed by atoms with Gasteiger partial charge in [-0.25, -0.2) is 9.13 Å². The second-order valence-corrected chi connectivity index (χ2v) is 4.36. The third kappa shape index (κ3) is 3.73. The highest BCUT2D eigenvalue weighted by Crippen LogP contribution is 2.03. The number of hydrogen-bond donors (Lipinski definition) is 2. The summed E-state index contributed by atoms with van der Waals surface area (Å²) in [6.07, 6.45) is 8.14. The van der Waals surface area contributed by atoms with Crippen molar-refractivity contribution in [3.05, 3.63) is 49.1 Å². The normalized spacial score (nSPS) is 10.1. The number of rotatable bonds is 5. The lowest BCUT2D eigenvalue weighted by molar-refractivity contribution is -0.671. The lowest BCUT2D eigenvalue weighted by Gasteiger charge is -2.07. The van der Waals surface area contributed by atoms with Crippen molar-refractivity contribution in [1.82, 2.24) is 0 Å². The molecule has 2 rings (SSSR count). The standard InChI is InChI=1S/C14H18N4/c1-17-9-3-13(4-10-17)15-7-8-16-14-5-11-18(2)12-6-14/h3-6,9-12H,7-8H2,1-2H3/p+2. The van der Waals surface area contributed by atoms with E-state index in [4.69, 9.17) is 0 Å². The fraction of sp³-hybridized carbons (Fsp3) is 0.286. The van der Waals surface area contributed by atoms with Gasteiger partial charge in [-0.15, -0.1) is 0 Å². The van der Waals surface area contributed by atoms with Crippen LogP contribution in [0.3, 0.4) is 0 Å². The first-order chi connectivity index (χ1) is 8.74. The molecular formula is C14H20N4+2. The highest BCUT2D eigenvalue weighted by Gasteiger charge is 1.96. The summed E-state index contributed by atoms with van der Waals surface area (Å²) < 4.78 is 4.04. The number of pyridine rings is 2. The van der Waals surface area contributed by atoms with E-state index in [1.165, 1.54) is 0 Å². The molecule has 2 N–H and O–H groups in total. The van der Waals surface area contributed by atoms with E-state index in [1.54, 1.807) is 0 Å². The third-order valence-electron chi connectivity index (χ3n) is 2.74. The van der Waals surface area contributed by atoms with Gasteiger partial charge in [0.1, 0.15) is 14.1 Å². The Morgan fingerprint density at radius 2 is 1.06 bits per heavy atom. The average Bonchev–Trinajstić information content (AvgIpc) is 2.39. The van der Waals surface area contributed by atoms with E-state index in [0.717, 1.165) is 24.5 Å². The molecule has 0 saturated carbocycles. The van der Waals surface area contributed by atoms with Crippen molar-refractivity contribution in [1.29, 1.82) is 0 Å². The van der Waals surface area contributed by atoms with Crippen LogP contribution in [0.25, 0.3) is 0 Å². The van der Waals surface area contributed by atoms with Crippen molar-refractivity contribution in [2.24, 2.45) is 14.1 Å². The molecule has 2 aromatic heterocycles. The predicted molar refractivity (Wildman–Crippen MR) is 72.2 cm³/mol. The van der Waals surface area contributed by atoms with Crippen LogP contribution in [0.1, 0.15) is 0 Å². The fourth-order valence-corrected chi connectivity index (χ4v) is 1.65. The number of nitrogens with zero attached hydrogens (tertiary/aromatic N) is 2. The van der Waals surface area contributed by atoms with Crippen LogP contribution in [0.4, 0.5) is 11.4 Å². The molecule has 0 aliphatic rings. The molecule has 0 aromatic carbocycles. The van der Waals surface area contributed by atoms with E-state index in [-0.39, 0.29) is 0 Å². The molecule has 0 bridgehead atoms. The third-order valence-corrected chi connectivity index (χ3v) is 2.74. The van der Waals surface area contributed by atoms with Crippen molar-refractivity contribution in [2.75, 3.05) is 23.7 Å². The minimum atomic E-state index is 0.898. The largest absolute Gasteiger partial charge is 0.383 e. The minimum absolute atomic E-state index is 0.898. The van der Waals surface area contributed by atoms with Crippen LogP contribution < -0.4 is 19.8 Å². The Balaban J connectivity index is 1.73. The molecule has 0 fully saturated rings. The maximum atomic E-state index is 3.37. The quantitative estimate of drug-likeness (QED) is 0.604. The van der Waals surface area contributed by atoms with Gasteiger partial charge in [0.25, 0.3) is 0 Å². The maximum Gasteiger partial charge on any atom is 0.170 e. The van der Waals surface area contributed by atoms with E-state index >= 15 is 0 Å². The zero-order valence-electron chi connectivity index (χ0n) is 10.9. The van der Waals surface area contributed by atoms with Crippen molar-refractivity contribution in [3.63, 3.8) is 0 Å². The fourth-order valence-electron chi connectivity index (χ4n) is 1.65. The molecule has 0 radical (unpaired) electrons. The molecule has 0 unspecified atom stereocenters. The number of nitrogens with one attached hydrogen (secondary N) is 2. The summed E-state index contributed by atoms with van der Waals surface area (Å²) in [6.45, 7) is 1.80. The smallest absolute Gasteiger partial charge is 0.170 e. The summed E-state index contributed by atoms with van der Waals surface area (Å²) in [7, 11) is 4.03. The van der Waals surface area contributed by atoms with Crippen molar-refractivity contribution in [3.8, 4) is 0 Å². The van der Waals surface area contributed by atoms with Gasteiger partial charge in [-0.05, 0) is 0 Å². The molecule has 2 aromatic rings. The number of anilines is 2. The summed E-state index contributed by atoms with van der Waals surface area (Å²) in [5, 5.41) is 6.74. The summed E-state index contributed by atoms with van der Waals surface area (Å²) in [5.41, 5.74) is 2.30. The highest BCUT2D eigenvalue weighted by molar-refractivity contribution is 5.42. The van der Waals surface area contributed by atoms with E-state index in [2.05, 4.69) is 34.9 Å². The Morgan fingerprint density at radius 1 is 0.722 bits per heavy atom. The van der Waals surface area contributed by atoms with Gasteiger partial charge in [-0.2, -0.15) is 0 Å². The molecule has 4 heteroatoms. The molecule has 2 heterocycles. The van der Waals surface area contributed by atoms with Gasteiger partial charge >= 0.3 is 0 Å². The van der Waals surface area contributed by atoms with Crippen molar-refractivity contribution < 1.29 is 9.13 Å². The molecule has 4 nitrogen and oxygen atoms in total. The van der Waals surface area contributed by atoms with Gasteiger partial charge < -0.3 is 10.6 Å². The summed E-state index contributed by atoms with van der Waals surface area (Å²) in [6, 6.07) is 8.29. The van der Waals surface area contributed by atoms with Gasteiger partial charge in [0.2, 0.25) is 0 Å². The molecule has 18 heavy (non-hydrogen) atoms. The summed E-state index contributed by atoms with van der Waals surface area (Å²) in [4.78, 5) is 0. The van der Waals surface area contributed by atoms with E-state index in [0.29, 0.717) is 0 Å². The molecule has 0 saturated heterocycles. The predicted octanol–water partition coefficient (Wildman–Crippen LogP) is 0.860. The Hall–Kier alpha value is -2.10. The van der Waals surface area contributed by atoms with Crippen LogP contribution in [0.2, 0.25) is 0 Å². The molecule has 0 aliphatic heterocycles. The molecule has 0 atom stereocenters. The zero-order valence-corrected chi connectivity index (χ0v) is 10.9. The molecule has 0 spiro atoms. The number of aryl methyl sites for hydroxylation is 2. The monoisotopic (exact) mass is 244 g/mol. The zero-order chi connectivity index (χ0) is 12.8. The molecule has 94 valence electrons. The van der Waals surface area contributed by atoms with E-state index in [1.807, 2.05) is 48.0 Å². The second-order valence-electron chi connectivity index (χ2n) is 4.36. The highest BCUT2D eigenvalue weighted by atomic mass is 15.0. The van der Waals surface area contributed by atoms with Gasteiger partial charge in [-0.3, -0.25) is 0 Å². The minimum Gasteiger partial charge on any atom is -0.383 e. The average molecular weight is 244 g/mol. The van der Waals surface area contributed by atoms with E-state index < -0.39 is 0 Å². The van der Waals surface area contributed by atoms with Crippen LogP contribution in [0.15, 0.2) is 49.1 Å². The van der Waals surface area contributed by atoms with Gasteiger partial charge in [0.05, 0.1) is 0 Å². The Labute approximate surface area is 108 Å². The Kier molecular flexibility index (Phi) is 4.12. The van der Waals surface area contributed by atoms with Crippen LogP contribution in [-0.2, 0) is 14.1 Å². The van der Waals surface area contributed by atoms with Crippen LogP contribution in [0, 0.1) is 0 Å². The summed E-state index contributed by atoms with van der Waals surface area (Å²) >= 11 is 0. The van der Waals surface area contributed by atoms with Crippen molar-refractivity contribution in [2.45, 2.75) is 0 Å². The Morgan fingerprint density at radius 3 is 1.39 bits per heavy atom. The second kappa shape index (κ2) is 6.00. The van der Waals surface area contributed by atoms with Crippen LogP contribution in [-0.4, -0.2) is 13.1 Å². The first kappa shape index (κ1) is 12.4. The number of aromatic nitrogens is 2.